The third-order valence-corrected chi connectivity index (χ3v) is 2.89. The topological polar surface area (TPSA) is 38.0 Å². The van der Waals surface area contributed by atoms with Crippen molar-refractivity contribution in [1.82, 2.24) is 5.32 Å². The van der Waals surface area contributed by atoms with Crippen LogP contribution < -0.4 is 11.1 Å². The quantitative estimate of drug-likeness (QED) is 0.589. The Morgan fingerprint density at radius 2 is 2.23 bits per heavy atom. The van der Waals surface area contributed by atoms with E-state index >= 15 is 0 Å². The van der Waals surface area contributed by atoms with Crippen molar-refractivity contribution in [3.63, 3.8) is 0 Å². The predicted molar refractivity (Wildman–Crippen MR) is 55.6 cm³/mol. The summed E-state index contributed by atoms with van der Waals surface area (Å²) < 4.78 is 0. The third-order valence-electron chi connectivity index (χ3n) is 2.89. The number of hydrogen-bond donors (Lipinski definition) is 2. The summed E-state index contributed by atoms with van der Waals surface area (Å²) in [6.07, 6.45) is 1.10. The van der Waals surface area contributed by atoms with Crippen LogP contribution >= 0.6 is 0 Å². The number of nitrogens with two attached hydrogens (primary N) is 1. The molecule has 1 heterocycles. The first-order valence-corrected chi connectivity index (χ1v) is 4.78. The van der Waals surface area contributed by atoms with Crippen LogP contribution in [0.4, 0.5) is 5.69 Å². The van der Waals surface area contributed by atoms with Crippen molar-refractivity contribution in [1.29, 1.82) is 0 Å². The lowest BCUT2D eigenvalue weighted by Gasteiger charge is -2.25. The number of rotatable bonds is 0. The summed E-state index contributed by atoms with van der Waals surface area (Å²) in [6.45, 7) is 5.31. The van der Waals surface area contributed by atoms with Gasteiger partial charge in [-0.05, 0) is 43.0 Å². The van der Waals surface area contributed by atoms with Crippen molar-refractivity contribution in [3.8, 4) is 0 Å². The SMILES string of the molecule is Cc1c(N)ccc2c1CC(C)NC2. The van der Waals surface area contributed by atoms with E-state index in [1.54, 1.807) is 0 Å². The minimum atomic E-state index is 0.577. The number of nitrogen functional groups attached to an aromatic ring is 1. The second kappa shape index (κ2) is 3.04. The van der Waals surface area contributed by atoms with Crippen LogP contribution in [0.5, 0.6) is 0 Å². The van der Waals surface area contributed by atoms with Crippen molar-refractivity contribution in [3.05, 3.63) is 28.8 Å². The first kappa shape index (κ1) is 8.57. The molecule has 13 heavy (non-hydrogen) atoms. The van der Waals surface area contributed by atoms with Crippen LogP contribution in [0, 0.1) is 6.92 Å². The van der Waals surface area contributed by atoms with Gasteiger partial charge in [-0.3, -0.25) is 0 Å². The van der Waals surface area contributed by atoms with Gasteiger partial charge in [-0.1, -0.05) is 6.07 Å². The molecule has 0 aliphatic carbocycles. The molecule has 2 rings (SSSR count). The molecule has 0 aromatic heterocycles. The molecule has 1 aliphatic rings. The summed E-state index contributed by atoms with van der Waals surface area (Å²) in [4.78, 5) is 0. The van der Waals surface area contributed by atoms with Crippen molar-refractivity contribution >= 4 is 5.69 Å². The third kappa shape index (κ3) is 1.42. The van der Waals surface area contributed by atoms with E-state index in [4.69, 9.17) is 5.73 Å². The standard InChI is InChI=1S/C11H16N2/c1-7-5-10-8(2)11(12)4-3-9(10)6-13-7/h3-4,7,13H,5-6,12H2,1-2H3. The molecule has 1 atom stereocenters. The Bertz CT molecular complexity index is 331. The molecule has 0 spiro atoms. The summed E-state index contributed by atoms with van der Waals surface area (Å²) in [5.41, 5.74) is 10.9. The van der Waals surface area contributed by atoms with E-state index in [0.717, 1.165) is 18.7 Å². The van der Waals surface area contributed by atoms with E-state index < -0.39 is 0 Å². The van der Waals surface area contributed by atoms with Crippen molar-refractivity contribution in [2.45, 2.75) is 32.9 Å². The second-order valence-electron chi connectivity index (χ2n) is 3.90. The Kier molecular flexibility index (Phi) is 2.00. The molecule has 1 aliphatic heterocycles. The van der Waals surface area contributed by atoms with Gasteiger partial charge in [0.15, 0.2) is 0 Å². The van der Waals surface area contributed by atoms with Crippen LogP contribution in [0.25, 0.3) is 0 Å². The molecule has 1 aromatic rings. The van der Waals surface area contributed by atoms with Gasteiger partial charge in [-0.15, -0.1) is 0 Å². The first-order chi connectivity index (χ1) is 6.18. The molecular weight excluding hydrogens is 160 g/mol. The molecule has 0 saturated carbocycles. The highest BCUT2D eigenvalue weighted by Crippen LogP contribution is 2.24. The normalized spacial score (nSPS) is 21.2. The largest absolute Gasteiger partial charge is 0.399 e. The van der Waals surface area contributed by atoms with Gasteiger partial charge < -0.3 is 11.1 Å². The Morgan fingerprint density at radius 1 is 1.46 bits per heavy atom. The minimum absolute atomic E-state index is 0.577. The zero-order valence-corrected chi connectivity index (χ0v) is 8.22. The van der Waals surface area contributed by atoms with E-state index in [2.05, 4.69) is 25.2 Å². The minimum Gasteiger partial charge on any atom is -0.399 e. The average Bonchev–Trinajstić information content (AvgIpc) is 2.12. The zero-order valence-electron chi connectivity index (χ0n) is 8.22. The predicted octanol–water partition coefficient (Wildman–Crippen LogP) is 1.61. The first-order valence-electron chi connectivity index (χ1n) is 4.78. The smallest absolute Gasteiger partial charge is 0.0346 e. The summed E-state index contributed by atoms with van der Waals surface area (Å²) in [5, 5.41) is 3.44. The number of anilines is 1. The van der Waals surface area contributed by atoms with Crippen LogP contribution in [0.2, 0.25) is 0 Å². The van der Waals surface area contributed by atoms with Crippen LogP contribution in [0.1, 0.15) is 23.6 Å². The van der Waals surface area contributed by atoms with Gasteiger partial charge in [0.2, 0.25) is 0 Å². The summed E-state index contributed by atoms with van der Waals surface area (Å²) in [6, 6.07) is 4.72. The fourth-order valence-electron chi connectivity index (χ4n) is 1.94. The van der Waals surface area contributed by atoms with Gasteiger partial charge in [0, 0.05) is 18.3 Å². The Labute approximate surface area is 79.1 Å². The summed E-state index contributed by atoms with van der Waals surface area (Å²) in [5.74, 6) is 0. The average molecular weight is 176 g/mol. The van der Waals surface area contributed by atoms with E-state index in [1.807, 2.05) is 6.07 Å². The van der Waals surface area contributed by atoms with Crippen molar-refractivity contribution in [2.75, 3.05) is 5.73 Å². The molecule has 2 heteroatoms. The van der Waals surface area contributed by atoms with Crippen molar-refractivity contribution in [2.24, 2.45) is 0 Å². The van der Waals surface area contributed by atoms with Crippen LogP contribution in [-0.2, 0) is 13.0 Å². The van der Waals surface area contributed by atoms with Gasteiger partial charge in [-0.2, -0.15) is 0 Å². The van der Waals surface area contributed by atoms with Crippen LogP contribution in [0.3, 0.4) is 0 Å². The monoisotopic (exact) mass is 176 g/mol. The molecule has 3 N–H and O–H groups in total. The molecule has 1 unspecified atom stereocenters. The maximum atomic E-state index is 5.87. The van der Waals surface area contributed by atoms with E-state index in [1.165, 1.54) is 16.7 Å². The Hall–Kier alpha value is -1.02. The number of nitrogens with one attached hydrogen (secondary N) is 1. The molecule has 70 valence electrons. The number of fused-ring (bicyclic) bond motifs is 1. The second-order valence-corrected chi connectivity index (χ2v) is 3.90. The fourth-order valence-corrected chi connectivity index (χ4v) is 1.94. The lowest BCUT2D eigenvalue weighted by Crippen LogP contribution is -2.33. The fraction of sp³-hybridized carbons (Fsp3) is 0.455. The van der Waals surface area contributed by atoms with Crippen LogP contribution in [-0.4, -0.2) is 6.04 Å². The van der Waals surface area contributed by atoms with E-state index in [0.29, 0.717) is 6.04 Å². The maximum absolute atomic E-state index is 5.87. The highest BCUT2D eigenvalue weighted by atomic mass is 14.9. The van der Waals surface area contributed by atoms with Crippen molar-refractivity contribution < 1.29 is 0 Å². The molecule has 2 nitrogen and oxygen atoms in total. The van der Waals surface area contributed by atoms with Gasteiger partial charge in [-0.25, -0.2) is 0 Å². The van der Waals surface area contributed by atoms with Gasteiger partial charge in [0.05, 0.1) is 0 Å². The summed E-state index contributed by atoms with van der Waals surface area (Å²) >= 11 is 0. The zero-order chi connectivity index (χ0) is 9.42. The van der Waals surface area contributed by atoms with Crippen LogP contribution in [0.15, 0.2) is 12.1 Å². The molecule has 1 aromatic carbocycles. The molecule has 0 saturated heterocycles. The Morgan fingerprint density at radius 3 is 3.00 bits per heavy atom. The molecule has 0 radical (unpaired) electrons. The van der Waals surface area contributed by atoms with Gasteiger partial charge >= 0.3 is 0 Å². The van der Waals surface area contributed by atoms with Gasteiger partial charge in [0.1, 0.15) is 0 Å². The lowest BCUT2D eigenvalue weighted by molar-refractivity contribution is 0.512. The molecular formula is C11H16N2. The molecule has 0 fully saturated rings. The van der Waals surface area contributed by atoms with E-state index in [9.17, 15) is 0 Å². The molecule has 0 amide bonds. The summed E-state index contributed by atoms with van der Waals surface area (Å²) in [7, 11) is 0. The van der Waals surface area contributed by atoms with Gasteiger partial charge in [0.25, 0.3) is 0 Å². The highest BCUT2D eigenvalue weighted by Gasteiger charge is 2.16. The number of hydrogen-bond acceptors (Lipinski definition) is 2. The maximum Gasteiger partial charge on any atom is 0.0346 e. The Balaban J connectivity index is 2.48. The number of benzene rings is 1. The molecule has 0 bridgehead atoms. The highest BCUT2D eigenvalue weighted by molar-refractivity contribution is 5.54. The lowest BCUT2D eigenvalue weighted by atomic mass is 9.92. The van der Waals surface area contributed by atoms with E-state index in [-0.39, 0.29) is 0 Å².